The molecule has 0 saturated carbocycles. The van der Waals surface area contributed by atoms with Crippen molar-refractivity contribution in [2.45, 2.75) is 20.0 Å². The Morgan fingerprint density at radius 2 is 1.69 bits per heavy atom. The van der Waals surface area contributed by atoms with E-state index in [4.69, 9.17) is 19.2 Å². The highest BCUT2D eigenvalue weighted by molar-refractivity contribution is 6.04. The molecule has 0 aliphatic heterocycles. The normalized spacial score (nSPS) is 10.8. The number of pyridine rings is 1. The Bertz CT molecular complexity index is 950. The Hall–Kier alpha value is -3.08. The van der Waals surface area contributed by atoms with E-state index in [1.165, 1.54) is 0 Å². The van der Waals surface area contributed by atoms with Gasteiger partial charge in [-0.05, 0) is 44.2 Å². The molecule has 0 fully saturated rings. The van der Waals surface area contributed by atoms with Gasteiger partial charge in [-0.2, -0.15) is 0 Å². The number of hydrogen-bond donors (Lipinski definition) is 0. The Labute approximate surface area is 152 Å². The first-order valence-electron chi connectivity index (χ1n) is 8.36. The van der Waals surface area contributed by atoms with Gasteiger partial charge in [-0.3, -0.25) is 0 Å². The lowest BCUT2D eigenvalue weighted by Gasteiger charge is -2.13. The molecule has 1 aromatic heterocycles. The van der Waals surface area contributed by atoms with Crippen molar-refractivity contribution in [2.24, 2.45) is 0 Å². The fourth-order valence-electron chi connectivity index (χ4n) is 2.77. The van der Waals surface area contributed by atoms with Crippen molar-refractivity contribution in [1.82, 2.24) is 4.98 Å². The van der Waals surface area contributed by atoms with E-state index in [-0.39, 0.29) is 12.1 Å². The second-order valence-corrected chi connectivity index (χ2v) is 6.10. The summed E-state index contributed by atoms with van der Waals surface area (Å²) in [6.07, 6.45) is -0.195. The van der Waals surface area contributed by atoms with Crippen molar-refractivity contribution in [1.29, 1.82) is 0 Å². The van der Waals surface area contributed by atoms with Gasteiger partial charge >= 0.3 is 5.97 Å². The molecular weight excluding hydrogens is 330 g/mol. The number of aromatic nitrogens is 1. The molecule has 5 heteroatoms. The number of nitrogens with zero attached hydrogens (tertiary/aromatic N) is 1. The molecule has 0 N–H and O–H groups in total. The van der Waals surface area contributed by atoms with Gasteiger partial charge in [0.1, 0.15) is 0 Å². The lowest BCUT2D eigenvalue weighted by molar-refractivity contribution is 0.0380. The predicted octanol–water partition coefficient (Wildman–Crippen LogP) is 4.48. The van der Waals surface area contributed by atoms with Crippen molar-refractivity contribution >= 4 is 16.9 Å². The number of carbonyl (C=O) groups is 1. The second-order valence-electron chi connectivity index (χ2n) is 6.10. The Morgan fingerprint density at radius 3 is 2.38 bits per heavy atom. The highest BCUT2D eigenvalue weighted by atomic mass is 16.5. The molecule has 2 aromatic carbocycles. The number of carbonyl (C=O) groups excluding carboxylic acids is 1. The van der Waals surface area contributed by atoms with Gasteiger partial charge in [0.25, 0.3) is 0 Å². The van der Waals surface area contributed by atoms with Gasteiger partial charge in [0.2, 0.25) is 0 Å². The van der Waals surface area contributed by atoms with E-state index in [0.717, 1.165) is 16.5 Å². The smallest absolute Gasteiger partial charge is 0.339 e. The van der Waals surface area contributed by atoms with Crippen LogP contribution in [0.2, 0.25) is 0 Å². The summed E-state index contributed by atoms with van der Waals surface area (Å²) in [5.41, 5.74) is 2.72. The van der Waals surface area contributed by atoms with E-state index in [1.807, 2.05) is 56.3 Å². The van der Waals surface area contributed by atoms with Crippen molar-refractivity contribution in [2.75, 3.05) is 14.2 Å². The standard InChI is InChI=1S/C21H21NO4/c1-13(2)26-21(23)16-12-18(22-17-8-6-5-7-15(16)17)14-9-10-19(24-3)20(11-14)25-4/h5-13H,1-4H3. The van der Waals surface area contributed by atoms with E-state index in [0.29, 0.717) is 22.8 Å². The first-order valence-corrected chi connectivity index (χ1v) is 8.36. The van der Waals surface area contributed by atoms with Crippen LogP contribution in [0.15, 0.2) is 48.5 Å². The molecule has 0 amide bonds. The molecule has 0 spiro atoms. The molecule has 0 bridgehead atoms. The molecule has 5 nitrogen and oxygen atoms in total. The van der Waals surface area contributed by atoms with Crippen LogP contribution >= 0.6 is 0 Å². The van der Waals surface area contributed by atoms with Gasteiger partial charge in [-0.25, -0.2) is 9.78 Å². The van der Waals surface area contributed by atoms with Crippen LogP contribution in [0, 0.1) is 0 Å². The van der Waals surface area contributed by atoms with Crippen LogP contribution in [-0.2, 0) is 4.74 Å². The Balaban J connectivity index is 2.17. The number of ether oxygens (including phenoxy) is 3. The highest BCUT2D eigenvalue weighted by Crippen LogP contribution is 2.33. The first kappa shape index (κ1) is 17.7. The van der Waals surface area contributed by atoms with E-state index >= 15 is 0 Å². The Kier molecular flexibility index (Phi) is 5.07. The van der Waals surface area contributed by atoms with E-state index in [9.17, 15) is 4.79 Å². The maximum Gasteiger partial charge on any atom is 0.339 e. The zero-order valence-electron chi connectivity index (χ0n) is 15.3. The quantitative estimate of drug-likeness (QED) is 0.634. The summed E-state index contributed by atoms with van der Waals surface area (Å²) < 4.78 is 16.1. The van der Waals surface area contributed by atoms with Crippen LogP contribution in [0.1, 0.15) is 24.2 Å². The van der Waals surface area contributed by atoms with Crippen molar-refractivity contribution in [3.05, 3.63) is 54.1 Å². The maximum atomic E-state index is 12.6. The largest absolute Gasteiger partial charge is 0.493 e. The Morgan fingerprint density at radius 1 is 0.962 bits per heavy atom. The number of fused-ring (bicyclic) bond motifs is 1. The summed E-state index contributed by atoms with van der Waals surface area (Å²) in [6, 6.07) is 14.8. The molecule has 134 valence electrons. The molecule has 0 unspecified atom stereocenters. The third-order valence-electron chi connectivity index (χ3n) is 3.96. The number of para-hydroxylation sites is 1. The van der Waals surface area contributed by atoms with E-state index < -0.39 is 0 Å². The SMILES string of the molecule is COc1ccc(-c2cc(C(=O)OC(C)C)c3ccccc3n2)cc1OC. The van der Waals surface area contributed by atoms with E-state index in [1.54, 1.807) is 20.3 Å². The molecule has 0 aliphatic carbocycles. The number of esters is 1. The zero-order chi connectivity index (χ0) is 18.7. The molecule has 3 rings (SSSR count). The lowest BCUT2D eigenvalue weighted by Crippen LogP contribution is -2.12. The van der Waals surface area contributed by atoms with Crippen LogP contribution in [0.4, 0.5) is 0 Å². The number of benzene rings is 2. The molecule has 0 radical (unpaired) electrons. The second kappa shape index (κ2) is 7.44. The summed E-state index contributed by atoms with van der Waals surface area (Å²) in [6.45, 7) is 3.66. The summed E-state index contributed by atoms with van der Waals surface area (Å²) in [4.78, 5) is 17.3. The fourth-order valence-corrected chi connectivity index (χ4v) is 2.77. The predicted molar refractivity (Wildman–Crippen MR) is 101 cm³/mol. The zero-order valence-corrected chi connectivity index (χ0v) is 15.3. The van der Waals surface area contributed by atoms with E-state index in [2.05, 4.69) is 0 Å². The van der Waals surface area contributed by atoms with Gasteiger partial charge in [0.05, 0.1) is 37.1 Å². The molecule has 26 heavy (non-hydrogen) atoms. The average Bonchev–Trinajstić information content (AvgIpc) is 2.65. The van der Waals surface area contributed by atoms with Crippen molar-refractivity contribution in [3.63, 3.8) is 0 Å². The number of rotatable bonds is 5. The van der Waals surface area contributed by atoms with Gasteiger partial charge in [-0.15, -0.1) is 0 Å². The number of hydrogen-bond acceptors (Lipinski definition) is 5. The fraction of sp³-hybridized carbons (Fsp3) is 0.238. The monoisotopic (exact) mass is 351 g/mol. The minimum absolute atomic E-state index is 0.195. The minimum atomic E-state index is -0.361. The molecule has 0 atom stereocenters. The summed E-state index contributed by atoms with van der Waals surface area (Å²) >= 11 is 0. The van der Waals surface area contributed by atoms with Gasteiger partial charge in [0.15, 0.2) is 11.5 Å². The molecule has 0 aliphatic rings. The summed E-state index contributed by atoms with van der Waals surface area (Å²) in [5, 5.41) is 0.766. The molecule has 3 aromatic rings. The van der Waals surface area contributed by atoms with Crippen molar-refractivity contribution < 1.29 is 19.0 Å². The molecular formula is C21H21NO4. The van der Waals surface area contributed by atoms with Gasteiger partial charge in [-0.1, -0.05) is 18.2 Å². The van der Waals surface area contributed by atoms with Crippen LogP contribution < -0.4 is 9.47 Å². The van der Waals surface area contributed by atoms with Crippen LogP contribution in [-0.4, -0.2) is 31.3 Å². The lowest BCUT2D eigenvalue weighted by atomic mass is 10.0. The summed E-state index contributed by atoms with van der Waals surface area (Å²) in [7, 11) is 3.17. The van der Waals surface area contributed by atoms with Gasteiger partial charge in [0, 0.05) is 10.9 Å². The average molecular weight is 351 g/mol. The highest BCUT2D eigenvalue weighted by Gasteiger charge is 2.17. The number of methoxy groups -OCH3 is 2. The van der Waals surface area contributed by atoms with Crippen molar-refractivity contribution in [3.8, 4) is 22.8 Å². The first-order chi connectivity index (χ1) is 12.5. The maximum absolute atomic E-state index is 12.6. The topological polar surface area (TPSA) is 57.7 Å². The minimum Gasteiger partial charge on any atom is -0.493 e. The van der Waals surface area contributed by atoms with Crippen LogP contribution in [0.3, 0.4) is 0 Å². The molecule has 1 heterocycles. The molecule has 0 saturated heterocycles. The third-order valence-corrected chi connectivity index (χ3v) is 3.96. The van der Waals surface area contributed by atoms with Gasteiger partial charge < -0.3 is 14.2 Å². The third kappa shape index (κ3) is 3.47. The van der Waals surface area contributed by atoms with Crippen LogP contribution in [0.25, 0.3) is 22.2 Å². The van der Waals surface area contributed by atoms with Crippen LogP contribution in [0.5, 0.6) is 11.5 Å². The summed E-state index contributed by atoms with van der Waals surface area (Å²) in [5.74, 6) is 0.878.